The lowest BCUT2D eigenvalue weighted by Crippen LogP contribution is -2.44. The molecule has 2 unspecified atom stereocenters. The molecule has 2 N–H and O–H groups in total. The third-order valence-electron chi connectivity index (χ3n) is 3.07. The second kappa shape index (κ2) is 5.18. The molecular weight excluding hydrogens is 234 g/mol. The molecule has 1 saturated heterocycles. The van der Waals surface area contributed by atoms with Crippen molar-refractivity contribution in [3.63, 3.8) is 0 Å². The minimum Gasteiger partial charge on any atom is -0.480 e. The highest BCUT2D eigenvalue weighted by Crippen LogP contribution is 2.18. The number of likely N-dealkylation sites (tertiary alicyclic amines) is 1. The lowest BCUT2D eigenvalue weighted by Gasteiger charge is -2.24. The number of benzene rings is 1. The summed E-state index contributed by atoms with van der Waals surface area (Å²) in [4.78, 5) is 24.1. The largest absolute Gasteiger partial charge is 0.480 e. The van der Waals surface area contributed by atoms with Crippen LogP contribution in [-0.2, 0) is 16.0 Å². The zero-order chi connectivity index (χ0) is 13.1. The second-order valence-electron chi connectivity index (χ2n) is 4.45. The Balaban J connectivity index is 2.14. The molecule has 0 aromatic heterocycles. The molecule has 18 heavy (non-hydrogen) atoms. The van der Waals surface area contributed by atoms with Gasteiger partial charge in [-0.3, -0.25) is 4.79 Å². The standard InChI is InChI=1S/C13H15NO4/c15-10-7-12(16)14(8-10)11(13(17)18)6-9-4-2-1-3-5-9/h1-5,10-11,15H,6-8H2,(H,17,18). The molecule has 1 heterocycles. The molecule has 1 fully saturated rings. The van der Waals surface area contributed by atoms with E-state index in [2.05, 4.69) is 0 Å². The number of hydrogen-bond acceptors (Lipinski definition) is 3. The molecule has 5 heteroatoms. The molecule has 2 rings (SSSR count). The van der Waals surface area contributed by atoms with E-state index in [1.807, 2.05) is 30.3 Å². The van der Waals surface area contributed by atoms with Crippen LogP contribution in [0, 0.1) is 0 Å². The van der Waals surface area contributed by atoms with E-state index in [4.69, 9.17) is 0 Å². The fourth-order valence-electron chi connectivity index (χ4n) is 2.18. The molecule has 5 nitrogen and oxygen atoms in total. The van der Waals surface area contributed by atoms with E-state index in [9.17, 15) is 19.8 Å². The lowest BCUT2D eigenvalue weighted by atomic mass is 10.1. The van der Waals surface area contributed by atoms with Crippen LogP contribution in [0.15, 0.2) is 30.3 Å². The highest BCUT2D eigenvalue weighted by molar-refractivity contribution is 5.85. The van der Waals surface area contributed by atoms with Gasteiger partial charge in [0.1, 0.15) is 6.04 Å². The maximum atomic E-state index is 11.6. The maximum absolute atomic E-state index is 11.6. The van der Waals surface area contributed by atoms with Gasteiger partial charge in [0.05, 0.1) is 12.5 Å². The zero-order valence-corrected chi connectivity index (χ0v) is 9.82. The average Bonchev–Trinajstić information content (AvgIpc) is 2.66. The first kappa shape index (κ1) is 12.6. The summed E-state index contributed by atoms with van der Waals surface area (Å²) >= 11 is 0. The molecule has 0 bridgehead atoms. The Kier molecular flexibility index (Phi) is 3.62. The molecular formula is C13H15NO4. The number of β-amino-alcohol motifs (C(OH)–C–C–N with tert-alkyl or cyclic N) is 1. The SMILES string of the molecule is O=C(O)C(Cc1ccccc1)N1CC(O)CC1=O. The first-order chi connectivity index (χ1) is 8.58. The molecule has 0 aliphatic carbocycles. The molecule has 1 aromatic carbocycles. The Bertz CT molecular complexity index is 446. The second-order valence-corrected chi connectivity index (χ2v) is 4.45. The number of nitrogens with zero attached hydrogens (tertiary/aromatic N) is 1. The van der Waals surface area contributed by atoms with Gasteiger partial charge in [-0.05, 0) is 5.56 Å². The minimum atomic E-state index is -1.04. The Hall–Kier alpha value is -1.88. The Labute approximate surface area is 105 Å². The number of aliphatic hydroxyl groups excluding tert-OH is 1. The monoisotopic (exact) mass is 249 g/mol. The van der Waals surface area contributed by atoms with Crippen LogP contribution in [0.3, 0.4) is 0 Å². The molecule has 0 spiro atoms. The Morgan fingerprint density at radius 1 is 1.39 bits per heavy atom. The fourth-order valence-corrected chi connectivity index (χ4v) is 2.18. The first-order valence-electron chi connectivity index (χ1n) is 5.82. The van der Waals surface area contributed by atoms with Crippen LogP contribution in [0.5, 0.6) is 0 Å². The summed E-state index contributed by atoms with van der Waals surface area (Å²) in [5.41, 5.74) is 0.860. The van der Waals surface area contributed by atoms with Crippen LogP contribution in [0.1, 0.15) is 12.0 Å². The van der Waals surface area contributed by atoms with Gasteiger partial charge in [-0.1, -0.05) is 30.3 Å². The fraction of sp³-hybridized carbons (Fsp3) is 0.385. The van der Waals surface area contributed by atoms with Crippen LogP contribution in [-0.4, -0.2) is 45.7 Å². The summed E-state index contributed by atoms with van der Waals surface area (Å²) in [6.07, 6.45) is -0.483. The number of aliphatic carboxylic acids is 1. The van der Waals surface area contributed by atoms with Gasteiger partial charge in [0, 0.05) is 13.0 Å². The molecule has 1 aromatic rings. The molecule has 1 aliphatic rings. The summed E-state index contributed by atoms with van der Waals surface area (Å²) in [5, 5.41) is 18.6. The van der Waals surface area contributed by atoms with E-state index in [1.165, 1.54) is 4.90 Å². The van der Waals surface area contributed by atoms with Crippen molar-refractivity contribution in [3.8, 4) is 0 Å². The number of amides is 1. The predicted octanol–water partition coefficient (Wildman–Crippen LogP) is 0.276. The number of rotatable bonds is 4. The number of carboxylic acids is 1. The van der Waals surface area contributed by atoms with Crippen molar-refractivity contribution < 1.29 is 19.8 Å². The molecule has 96 valence electrons. The smallest absolute Gasteiger partial charge is 0.326 e. The quantitative estimate of drug-likeness (QED) is 0.803. The van der Waals surface area contributed by atoms with E-state index in [0.717, 1.165) is 5.56 Å². The number of carboxylic acid groups (broad SMARTS) is 1. The number of carbonyl (C=O) groups excluding carboxylic acids is 1. The van der Waals surface area contributed by atoms with Gasteiger partial charge < -0.3 is 15.1 Å². The lowest BCUT2D eigenvalue weighted by molar-refractivity contribution is -0.148. The predicted molar refractivity (Wildman–Crippen MR) is 63.9 cm³/mol. The van der Waals surface area contributed by atoms with Crippen LogP contribution >= 0.6 is 0 Å². The normalized spacial score (nSPS) is 21.1. The highest BCUT2D eigenvalue weighted by Gasteiger charge is 2.36. The number of carbonyl (C=O) groups is 2. The molecule has 1 amide bonds. The van der Waals surface area contributed by atoms with E-state index in [0.29, 0.717) is 0 Å². The molecule has 0 saturated carbocycles. The Morgan fingerprint density at radius 2 is 2.06 bits per heavy atom. The van der Waals surface area contributed by atoms with Crippen molar-refractivity contribution in [3.05, 3.63) is 35.9 Å². The van der Waals surface area contributed by atoms with E-state index < -0.39 is 18.1 Å². The van der Waals surface area contributed by atoms with Crippen molar-refractivity contribution in [2.24, 2.45) is 0 Å². The van der Waals surface area contributed by atoms with Gasteiger partial charge >= 0.3 is 5.97 Å². The summed E-state index contributed by atoms with van der Waals surface area (Å²) in [5.74, 6) is -1.34. The van der Waals surface area contributed by atoms with Gasteiger partial charge in [0.2, 0.25) is 5.91 Å². The average molecular weight is 249 g/mol. The summed E-state index contributed by atoms with van der Waals surface area (Å²) in [6.45, 7) is 0.0998. The van der Waals surface area contributed by atoms with Crippen LogP contribution < -0.4 is 0 Å². The van der Waals surface area contributed by atoms with Crippen LogP contribution in [0.2, 0.25) is 0 Å². The van der Waals surface area contributed by atoms with Gasteiger partial charge in [0.15, 0.2) is 0 Å². The van der Waals surface area contributed by atoms with Gasteiger partial charge in [-0.25, -0.2) is 4.79 Å². The summed E-state index contributed by atoms with van der Waals surface area (Å²) < 4.78 is 0. The van der Waals surface area contributed by atoms with Crippen molar-refractivity contribution >= 4 is 11.9 Å². The summed E-state index contributed by atoms with van der Waals surface area (Å²) in [6, 6.07) is 8.25. The molecule has 2 atom stereocenters. The van der Waals surface area contributed by atoms with E-state index >= 15 is 0 Å². The van der Waals surface area contributed by atoms with Crippen molar-refractivity contribution in [2.45, 2.75) is 25.0 Å². The van der Waals surface area contributed by atoms with Gasteiger partial charge in [0.25, 0.3) is 0 Å². The first-order valence-corrected chi connectivity index (χ1v) is 5.82. The zero-order valence-electron chi connectivity index (χ0n) is 9.82. The summed E-state index contributed by atoms with van der Waals surface area (Å²) in [7, 11) is 0. The highest BCUT2D eigenvalue weighted by atomic mass is 16.4. The van der Waals surface area contributed by atoms with Gasteiger partial charge in [-0.2, -0.15) is 0 Å². The van der Waals surface area contributed by atoms with Gasteiger partial charge in [-0.15, -0.1) is 0 Å². The van der Waals surface area contributed by atoms with Crippen molar-refractivity contribution in [2.75, 3.05) is 6.54 Å². The van der Waals surface area contributed by atoms with E-state index in [1.54, 1.807) is 0 Å². The third-order valence-corrected chi connectivity index (χ3v) is 3.07. The van der Waals surface area contributed by atoms with Crippen molar-refractivity contribution in [1.82, 2.24) is 4.90 Å². The third kappa shape index (κ3) is 2.68. The number of aliphatic hydroxyl groups is 1. The van der Waals surface area contributed by atoms with E-state index in [-0.39, 0.29) is 25.3 Å². The molecule has 0 radical (unpaired) electrons. The molecule has 1 aliphatic heterocycles. The number of hydrogen-bond donors (Lipinski definition) is 2. The van der Waals surface area contributed by atoms with Crippen LogP contribution in [0.4, 0.5) is 0 Å². The Morgan fingerprint density at radius 3 is 2.56 bits per heavy atom. The maximum Gasteiger partial charge on any atom is 0.326 e. The minimum absolute atomic E-state index is 0.0125. The van der Waals surface area contributed by atoms with Crippen LogP contribution in [0.25, 0.3) is 0 Å². The van der Waals surface area contributed by atoms with Crippen molar-refractivity contribution in [1.29, 1.82) is 0 Å². The topological polar surface area (TPSA) is 77.8 Å².